The van der Waals surface area contributed by atoms with E-state index in [2.05, 4.69) is 26.1 Å². The molecule has 0 fully saturated rings. The Kier molecular flexibility index (Phi) is 6.15. The van der Waals surface area contributed by atoms with Crippen LogP contribution in [0.3, 0.4) is 0 Å². The van der Waals surface area contributed by atoms with Crippen molar-refractivity contribution in [2.45, 2.75) is 6.54 Å². The van der Waals surface area contributed by atoms with Gasteiger partial charge in [0.25, 0.3) is 5.91 Å². The molecule has 0 radical (unpaired) electrons. The molecular weight excluding hydrogens is 403 g/mol. The van der Waals surface area contributed by atoms with E-state index in [-0.39, 0.29) is 23.7 Å². The summed E-state index contributed by atoms with van der Waals surface area (Å²) in [5, 5.41) is 14.9. The standard InChI is InChI=1S/C18H14ClFN6O3/c19-13-7-3-1-5-11(13)9-21-16-15(26(28)29)17(23-10-22-16)24-25-18(27)12-6-2-4-8-14(12)20/h1-8,10H,9H2,(H,25,27)(H2,21,22,23,24). The van der Waals surface area contributed by atoms with Gasteiger partial charge in [-0.3, -0.25) is 25.8 Å². The summed E-state index contributed by atoms with van der Waals surface area (Å²) in [6.07, 6.45) is 1.08. The molecule has 1 heterocycles. The number of nitrogens with one attached hydrogen (secondary N) is 3. The minimum atomic E-state index is -0.818. The number of hydrogen-bond acceptors (Lipinski definition) is 7. The van der Waals surface area contributed by atoms with Gasteiger partial charge >= 0.3 is 5.69 Å². The number of nitrogens with zero attached hydrogens (tertiary/aromatic N) is 3. The van der Waals surface area contributed by atoms with Crippen molar-refractivity contribution in [1.29, 1.82) is 0 Å². The zero-order valence-electron chi connectivity index (χ0n) is 14.7. The van der Waals surface area contributed by atoms with Gasteiger partial charge < -0.3 is 5.32 Å². The summed E-state index contributed by atoms with van der Waals surface area (Å²) >= 11 is 6.08. The van der Waals surface area contributed by atoms with Gasteiger partial charge in [-0.25, -0.2) is 14.4 Å². The summed E-state index contributed by atoms with van der Waals surface area (Å²) in [6, 6.07) is 12.3. The molecule has 1 aromatic heterocycles. The van der Waals surface area contributed by atoms with E-state index in [1.165, 1.54) is 18.2 Å². The highest BCUT2D eigenvalue weighted by Crippen LogP contribution is 2.29. The predicted molar refractivity (Wildman–Crippen MR) is 105 cm³/mol. The Morgan fingerprint density at radius 1 is 1.10 bits per heavy atom. The summed E-state index contributed by atoms with van der Waals surface area (Å²) in [6.45, 7) is 0.179. The molecule has 0 saturated heterocycles. The molecule has 3 rings (SSSR count). The summed E-state index contributed by atoms with van der Waals surface area (Å²) in [7, 11) is 0. The van der Waals surface area contributed by atoms with Gasteiger partial charge in [0.1, 0.15) is 12.1 Å². The zero-order valence-corrected chi connectivity index (χ0v) is 15.5. The van der Waals surface area contributed by atoms with Crippen LogP contribution in [0.4, 0.5) is 21.7 Å². The molecule has 11 heteroatoms. The quantitative estimate of drug-likeness (QED) is 0.397. The third kappa shape index (κ3) is 4.74. The van der Waals surface area contributed by atoms with E-state index in [0.717, 1.165) is 12.4 Å². The molecule has 148 valence electrons. The first kappa shape index (κ1) is 20.0. The van der Waals surface area contributed by atoms with Crippen LogP contribution >= 0.6 is 11.6 Å². The number of carbonyl (C=O) groups is 1. The van der Waals surface area contributed by atoms with Crippen molar-refractivity contribution in [2.24, 2.45) is 0 Å². The highest BCUT2D eigenvalue weighted by atomic mass is 35.5. The third-order valence-corrected chi connectivity index (χ3v) is 4.19. The molecule has 2 aromatic carbocycles. The minimum absolute atomic E-state index is 0.0763. The van der Waals surface area contributed by atoms with E-state index in [4.69, 9.17) is 11.6 Å². The van der Waals surface area contributed by atoms with Gasteiger partial charge in [0, 0.05) is 11.6 Å². The van der Waals surface area contributed by atoms with E-state index in [1.807, 2.05) is 0 Å². The van der Waals surface area contributed by atoms with Crippen molar-refractivity contribution in [1.82, 2.24) is 15.4 Å². The van der Waals surface area contributed by atoms with Gasteiger partial charge in [0.15, 0.2) is 0 Å². The number of benzene rings is 2. The smallest absolute Gasteiger partial charge is 0.354 e. The third-order valence-electron chi connectivity index (χ3n) is 3.82. The number of halogens is 2. The van der Waals surface area contributed by atoms with Gasteiger partial charge in [-0.05, 0) is 23.8 Å². The van der Waals surface area contributed by atoms with Crippen LogP contribution < -0.4 is 16.2 Å². The number of amides is 1. The molecule has 0 aliphatic rings. The van der Waals surface area contributed by atoms with E-state index in [9.17, 15) is 19.3 Å². The summed E-state index contributed by atoms with van der Waals surface area (Å²) in [4.78, 5) is 30.6. The average Bonchev–Trinajstić information content (AvgIpc) is 2.71. The highest BCUT2D eigenvalue weighted by molar-refractivity contribution is 6.31. The van der Waals surface area contributed by atoms with Gasteiger partial charge in [-0.15, -0.1) is 0 Å². The number of anilines is 2. The molecule has 3 N–H and O–H groups in total. The molecule has 0 aliphatic heterocycles. The fraction of sp³-hybridized carbons (Fsp3) is 0.0556. The van der Waals surface area contributed by atoms with Crippen LogP contribution in [0, 0.1) is 15.9 Å². The van der Waals surface area contributed by atoms with E-state index >= 15 is 0 Å². The van der Waals surface area contributed by atoms with Crippen LogP contribution in [0.2, 0.25) is 5.02 Å². The SMILES string of the molecule is O=C(NNc1ncnc(NCc2ccccc2Cl)c1[N+](=O)[O-])c1ccccc1F. The maximum atomic E-state index is 13.7. The number of aromatic nitrogens is 2. The molecule has 3 aromatic rings. The first-order chi connectivity index (χ1) is 14.0. The van der Waals surface area contributed by atoms with E-state index < -0.39 is 22.3 Å². The van der Waals surface area contributed by atoms with Crippen LogP contribution in [-0.2, 0) is 6.54 Å². The number of hydrazine groups is 1. The monoisotopic (exact) mass is 416 g/mol. The second kappa shape index (κ2) is 8.93. The minimum Gasteiger partial charge on any atom is -0.360 e. The van der Waals surface area contributed by atoms with Crippen molar-refractivity contribution in [3.63, 3.8) is 0 Å². The first-order valence-electron chi connectivity index (χ1n) is 8.25. The molecule has 0 unspecified atom stereocenters. The first-order valence-corrected chi connectivity index (χ1v) is 8.62. The molecule has 0 aliphatic carbocycles. The lowest BCUT2D eigenvalue weighted by Crippen LogP contribution is -2.31. The second-order valence-electron chi connectivity index (χ2n) is 5.68. The van der Waals surface area contributed by atoms with Crippen molar-refractivity contribution in [3.8, 4) is 0 Å². The van der Waals surface area contributed by atoms with Crippen LogP contribution in [-0.4, -0.2) is 20.8 Å². The largest absolute Gasteiger partial charge is 0.360 e. The number of nitro groups is 1. The lowest BCUT2D eigenvalue weighted by Gasteiger charge is -2.11. The zero-order chi connectivity index (χ0) is 20.8. The van der Waals surface area contributed by atoms with Gasteiger partial charge in [0.2, 0.25) is 11.6 Å². The van der Waals surface area contributed by atoms with Crippen LogP contribution in [0.5, 0.6) is 0 Å². The fourth-order valence-electron chi connectivity index (χ4n) is 2.42. The Morgan fingerprint density at radius 2 is 1.79 bits per heavy atom. The van der Waals surface area contributed by atoms with Crippen molar-refractivity contribution in [3.05, 3.63) is 86.9 Å². The van der Waals surface area contributed by atoms with Crippen molar-refractivity contribution < 1.29 is 14.1 Å². The Morgan fingerprint density at radius 3 is 2.52 bits per heavy atom. The van der Waals surface area contributed by atoms with Crippen LogP contribution in [0.25, 0.3) is 0 Å². The highest BCUT2D eigenvalue weighted by Gasteiger charge is 2.24. The van der Waals surface area contributed by atoms with E-state index in [1.54, 1.807) is 24.3 Å². The summed E-state index contributed by atoms with van der Waals surface area (Å²) < 4.78 is 13.7. The van der Waals surface area contributed by atoms with Crippen molar-refractivity contribution in [2.75, 3.05) is 10.7 Å². The van der Waals surface area contributed by atoms with Gasteiger partial charge in [-0.1, -0.05) is 41.9 Å². The van der Waals surface area contributed by atoms with E-state index in [0.29, 0.717) is 10.6 Å². The number of carbonyl (C=O) groups excluding carboxylic acids is 1. The Balaban J connectivity index is 1.78. The Labute approximate surface area is 169 Å². The second-order valence-corrected chi connectivity index (χ2v) is 6.09. The topological polar surface area (TPSA) is 122 Å². The van der Waals surface area contributed by atoms with Crippen LogP contribution in [0.1, 0.15) is 15.9 Å². The van der Waals surface area contributed by atoms with Gasteiger partial charge in [0.05, 0.1) is 10.5 Å². The molecule has 0 saturated carbocycles. The molecule has 9 nitrogen and oxygen atoms in total. The van der Waals surface area contributed by atoms with Crippen molar-refractivity contribution >= 4 is 34.8 Å². The summed E-state index contributed by atoms with van der Waals surface area (Å²) in [5.74, 6) is -1.89. The molecular formula is C18H14ClFN6O3. The fourth-order valence-corrected chi connectivity index (χ4v) is 2.62. The average molecular weight is 417 g/mol. The Hall–Kier alpha value is -3.79. The molecule has 0 spiro atoms. The molecule has 1 amide bonds. The van der Waals surface area contributed by atoms with Gasteiger partial charge in [-0.2, -0.15) is 0 Å². The number of hydrogen-bond donors (Lipinski definition) is 3. The molecule has 29 heavy (non-hydrogen) atoms. The number of rotatable bonds is 7. The molecule has 0 atom stereocenters. The Bertz CT molecular complexity index is 1070. The maximum absolute atomic E-state index is 13.7. The lowest BCUT2D eigenvalue weighted by atomic mass is 10.2. The van der Waals surface area contributed by atoms with Crippen LogP contribution in [0.15, 0.2) is 54.9 Å². The summed E-state index contributed by atoms with van der Waals surface area (Å²) in [5.41, 5.74) is 4.53. The molecule has 0 bridgehead atoms. The normalized spacial score (nSPS) is 10.3. The maximum Gasteiger partial charge on any atom is 0.354 e. The lowest BCUT2D eigenvalue weighted by molar-refractivity contribution is -0.383. The predicted octanol–water partition coefficient (Wildman–Crippen LogP) is 3.55.